The van der Waals surface area contributed by atoms with Gasteiger partial charge in [-0.25, -0.2) is 0 Å². The molecule has 0 aliphatic rings. The molecule has 0 amide bonds. The summed E-state index contributed by atoms with van der Waals surface area (Å²) in [6.07, 6.45) is 1.53. The van der Waals surface area contributed by atoms with E-state index in [1.54, 1.807) is 7.11 Å². The standard InChI is InChI=1S/C14H29NO3/c1-8-11(3)15-14(6,12(16)18-9-2)10-13(4,5)17-7/h11,15H,8-10H2,1-7H3. The summed E-state index contributed by atoms with van der Waals surface area (Å²) in [6.45, 7) is 12.2. The van der Waals surface area contributed by atoms with Crippen LogP contribution in [0.15, 0.2) is 0 Å². The highest BCUT2D eigenvalue weighted by atomic mass is 16.5. The Bertz CT molecular complexity index is 266. The van der Waals surface area contributed by atoms with Gasteiger partial charge >= 0.3 is 5.97 Å². The van der Waals surface area contributed by atoms with E-state index in [1.807, 2.05) is 27.7 Å². The third kappa shape index (κ3) is 5.36. The number of hydrogen-bond donors (Lipinski definition) is 1. The van der Waals surface area contributed by atoms with E-state index in [4.69, 9.17) is 9.47 Å². The molecular weight excluding hydrogens is 230 g/mol. The smallest absolute Gasteiger partial charge is 0.326 e. The highest BCUT2D eigenvalue weighted by molar-refractivity contribution is 5.80. The third-order valence-electron chi connectivity index (χ3n) is 3.24. The van der Waals surface area contributed by atoms with E-state index in [0.717, 1.165) is 6.42 Å². The van der Waals surface area contributed by atoms with Gasteiger partial charge in [0.1, 0.15) is 5.54 Å². The fraction of sp³-hybridized carbons (Fsp3) is 0.929. The number of carbonyl (C=O) groups excluding carboxylic acids is 1. The number of methoxy groups -OCH3 is 1. The lowest BCUT2D eigenvalue weighted by atomic mass is 9.86. The van der Waals surface area contributed by atoms with Crippen LogP contribution in [0.25, 0.3) is 0 Å². The topological polar surface area (TPSA) is 47.6 Å². The molecular formula is C14H29NO3. The van der Waals surface area contributed by atoms with Gasteiger partial charge in [0.15, 0.2) is 0 Å². The van der Waals surface area contributed by atoms with E-state index in [0.29, 0.717) is 13.0 Å². The molecule has 0 radical (unpaired) electrons. The zero-order valence-electron chi connectivity index (χ0n) is 12.9. The fourth-order valence-electron chi connectivity index (χ4n) is 2.04. The molecule has 4 nitrogen and oxygen atoms in total. The summed E-state index contributed by atoms with van der Waals surface area (Å²) < 4.78 is 10.6. The molecule has 0 saturated heterocycles. The highest BCUT2D eigenvalue weighted by Crippen LogP contribution is 2.25. The Morgan fingerprint density at radius 1 is 1.28 bits per heavy atom. The van der Waals surface area contributed by atoms with E-state index in [-0.39, 0.29) is 17.6 Å². The summed E-state index contributed by atoms with van der Waals surface area (Å²) >= 11 is 0. The van der Waals surface area contributed by atoms with E-state index < -0.39 is 5.54 Å². The van der Waals surface area contributed by atoms with Crippen molar-refractivity contribution in [3.05, 3.63) is 0 Å². The summed E-state index contributed by atoms with van der Waals surface area (Å²) in [4.78, 5) is 12.2. The highest BCUT2D eigenvalue weighted by Gasteiger charge is 2.40. The van der Waals surface area contributed by atoms with Gasteiger partial charge < -0.3 is 9.47 Å². The van der Waals surface area contributed by atoms with Gasteiger partial charge in [0.25, 0.3) is 0 Å². The molecule has 0 aromatic heterocycles. The monoisotopic (exact) mass is 259 g/mol. The van der Waals surface area contributed by atoms with Crippen LogP contribution in [0.5, 0.6) is 0 Å². The second kappa shape index (κ2) is 7.10. The number of carbonyl (C=O) groups is 1. The van der Waals surface area contributed by atoms with Crippen molar-refractivity contribution in [3.8, 4) is 0 Å². The van der Waals surface area contributed by atoms with Crippen LogP contribution in [-0.2, 0) is 14.3 Å². The molecule has 0 spiro atoms. The summed E-state index contributed by atoms with van der Waals surface area (Å²) in [5.74, 6) is -0.213. The molecule has 18 heavy (non-hydrogen) atoms. The Hall–Kier alpha value is -0.610. The van der Waals surface area contributed by atoms with E-state index in [9.17, 15) is 4.79 Å². The Balaban J connectivity index is 4.96. The number of hydrogen-bond acceptors (Lipinski definition) is 4. The van der Waals surface area contributed by atoms with Crippen molar-refractivity contribution in [1.82, 2.24) is 5.32 Å². The van der Waals surface area contributed by atoms with Gasteiger partial charge in [0, 0.05) is 19.6 Å². The third-order valence-corrected chi connectivity index (χ3v) is 3.24. The van der Waals surface area contributed by atoms with Crippen LogP contribution in [-0.4, -0.2) is 36.9 Å². The maximum atomic E-state index is 12.2. The van der Waals surface area contributed by atoms with Gasteiger partial charge in [-0.3, -0.25) is 10.1 Å². The van der Waals surface area contributed by atoms with Gasteiger partial charge in [-0.1, -0.05) is 6.92 Å². The SMILES string of the molecule is CCOC(=O)C(C)(CC(C)(C)OC)NC(C)CC. The summed E-state index contributed by atoms with van der Waals surface area (Å²) in [7, 11) is 1.66. The minimum Gasteiger partial charge on any atom is -0.465 e. The molecule has 1 N–H and O–H groups in total. The first-order chi connectivity index (χ1) is 8.20. The fourth-order valence-corrected chi connectivity index (χ4v) is 2.04. The van der Waals surface area contributed by atoms with Crippen molar-refractivity contribution in [2.75, 3.05) is 13.7 Å². The van der Waals surface area contributed by atoms with Gasteiger partial charge in [-0.05, 0) is 41.0 Å². The van der Waals surface area contributed by atoms with Crippen LogP contribution < -0.4 is 5.32 Å². The van der Waals surface area contributed by atoms with Gasteiger partial charge in [0.05, 0.1) is 12.2 Å². The molecule has 0 aliphatic carbocycles. The molecule has 0 aliphatic heterocycles. The second-order valence-corrected chi connectivity index (χ2v) is 5.65. The molecule has 0 aromatic rings. The van der Waals surface area contributed by atoms with Gasteiger partial charge in [0.2, 0.25) is 0 Å². The van der Waals surface area contributed by atoms with Crippen molar-refractivity contribution in [2.45, 2.75) is 71.6 Å². The Morgan fingerprint density at radius 3 is 2.22 bits per heavy atom. The zero-order valence-corrected chi connectivity index (χ0v) is 12.9. The maximum absolute atomic E-state index is 12.2. The van der Waals surface area contributed by atoms with Crippen molar-refractivity contribution in [2.24, 2.45) is 0 Å². The van der Waals surface area contributed by atoms with Crippen LogP contribution in [0.1, 0.15) is 54.4 Å². The molecule has 4 heteroatoms. The van der Waals surface area contributed by atoms with E-state index in [1.165, 1.54) is 0 Å². The van der Waals surface area contributed by atoms with Crippen LogP contribution in [0.4, 0.5) is 0 Å². The van der Waals surface area contributed by atoms with Crippen molar-refractivity contribution in [3.63, 3.8) is 0 Å². The van der Waals surface area contributed by atoms with Gasteiger partial charge in [-0.2, -0.15) is 0 Å². The van der Waals surface area contributed by atoms with Crippen LogP contribution in [0, 0.1) is 0 Å². The molecule has 0 aromatic carbocycles. The number of rotatable bonds is 8. The molecule has 0 fully saturated rings. The van der Waals surface area contributed by atoms with Crippen LogP contribution >= 0.6 is 0 Å². The number of ether oxygens (including phenoxy) is 2. The predicted molar refractivity (Wildman–Crippen MR) is 73.6 cm³/mol. The van der Waals surface area contributed by atoms with Crippen molar-refractivity contribution in [1.29, 1.82) is 0 Å². The lowest BCUT2D eigenvalue weighted by molar-refractivity contribution is -0.154. The normalized spacial score (nSPS) is 17.1. The minimum atomic E-state index is -0.717. The van der Waals surface area contributed by atoms with Crippen LogP contribution in [0.3, 0.4) is 0 Å². The summed E-state index contributed by atoms with van der Waals surface area (Å²) in [5.41, 5.74) is -1.09. The Labute approximate surface area is 111 Å². The maximum Gasteiger partial charge on any atom is 0.326 e. The number of nitrogens with one attached hydrogen (secondary N) is 1. The molecule has 0 bridgehead atoms. The Kier molecular flexibility index (Phi) is 6.86. The molecule has 2 atom stereocenters. The molecule has 108 valence electrons. The number of esters is 1. The Morgan fingerprint density at radius 2 is 1.83 bits per heavy atom. The minimum absolute atomic E-state index is 0.213. The molecule has 0 heterocycles. The molecule has 0 rings (SSSR count). The molecule has 0 saturated carbocycles. The largest absolute Gasteiger partial charge is 0.465 e. The van der Waals surface area contributed by atoms with E-state index >= 15 is 0 Å². The summed E-state index contributed by atoms with van der Waals surface area (Å²) in [6, 6.07) is 0.257. The quantitative estimate of drug-likeness (QED) is 0.680. The molecule has 2 unspecified atom stereocenters. The first-order valence-corrected chi connectivity index (χ1v) is 6.70. The predicted octanol–water partition coefficient (Wildman–Crippen LogP) is 2.51. The zero-order chi connectivity index (χ0) is 14.4. The second-order valence-electron chi connectivity index (χ2n) is 5.65. The van der Waals surface area contributed by atoms with Crippen molar-refractivity contribution < 1.29 is 14.3 Å². The van der Waals surface area contributed by atoms with Crippen LogP contribution in [0.2, 0.25) is 0 Å². The van der Waals surface area contributed by atoms with Gasteiger partial charge in [-0.15, -0.1) is 0 Å². The first-order valence-electron chi connectivity index (χ1n) is 6.70. The first kappa shape index (κ1) is 17.4. The lowest BCUT2D eigenvalue weighted by Gasteiger charge is -2.37. The summed E-state index contributed by atoms with van der Waals surface area (Å²) in [5, 5.41) is 3.36. The van der Waals surface area contributed by atoms with E-state index in [2.05, 4.69) is 19.2 Å². The average Bonchev–Trinajstić information content (AvgIpc) is 2.28. The lowest BCUT2D eigenvalue weighted by Crippen LogP contribution is -2.57. The average molecular weight is 259 g/mol. The van der Waals surface area contributed by atoms with Crippen molar-refractivity contribution >= 4 is 5.97 Å².